The largest absolute Gasteiger partial charge is 0.480 e. The van der Waals surface area contributed by atoms with E-state index in [0.717, 1.165) is 12.2 Å². The minimum Gasteiger partial charge on any atom is -0.480 e. The van der Waals surface area contributed by atoms with Crippen LogP contribution in [-0.4, -0.2) is 5.44 Å². The number of benzene rings is 2. The average Bonchev–Trinajstić information content (AvgIpc) is 2.31. The molecule has 2 aromatic rings. The van der Waals surface area contributed by atoms with E-state index in [9.17, 15) is 0 Å². The maximum absolute atomic E-state index is 5.68. The third kappa shape index (κ3) is 3.31. The quantitative estimate of drug-likeness (QED) is 0.624. The highest BCUT2D eigenvalue weighted by Crippen LogP contribution is 2.15. The molecule has 16 heavy (non-hydrogen) atoms. The number of rotatable bonds is 4. The molecule has 0 aliphatic heterocycles. The molecular weight excluding hydrogens is 216 g/mol. The van der Waals surface area contributed by atoms with E-state index in [1.165, 1.54) is 5.56 Å². The number of hydrogen-bond donors (Lipinski definition) is 1. The van der Waals surface area contributed by atoms with E-state index >= 15 is 0 Å². The molecule has 0 radical (unpaired) electrons. The molecule has 1 unspecified atom stereocenters. The lowest BCUT2D eigenvalue weighted by Crippen LogP contribution is -2.12. The Balaban J connectivity index is 1.92. The minimum absolute atomic E-state index is 0.107. The van der Waals surface area contributed by atoms with Gasteiger partial charge in [0.2, 0.25) is 0 Å². The van der Waals surface area contributed by atoms with Crippen molar-refractivity contribution in [1.29, 1.82) is 0 Å². The summed E-state index contributed by atoms with van der Waals surface area (Å²) < 4.78 is 5.68. The minimum atomic E-state index is -0.107. The molecule has 0 spiro atoms. The van der Waals surface area contributed by atoms with E-state index in [1.807, 2.05) is 48.5 Å². The molecule has 82 valence electrons. The molecule has 1 atom stereocenters. The van der Waals surface area contributed by atoms with Crippen LogP contribution in [0, 0.1) is 0 Å². The van der Waals surface area contributed by atoms with Gasteiger partial charge in [-0.1, -0.05) is 48.5 Å². The molecule has 0 saturated heterocycles. The first-order valence-electron chi connectivity index (χ1n) is 5.28. The lowest BCUT2D eigenvalue weighted by molar-refractivity contribution is 0.290. The molecule has 0 aliphatic carbocycles. The molecule has 1 nitrogen and oxygen atoms in total. The van der Waals surface area contributed by atoms with Crippen molar-refractivity contribution < 1.29 is 4.74 Å². The normalized spacial score (nSPS) is 12.1. The molecule has 0 N–H and O–H groups in total. The van der Waals surface area contributed by atoms with Gasteiger partial charge in [-0.15, -0.1) is 12.6 Å². The van der Waals surface area contributed by atoms with Crippen molar-refractivity contribution in [2.45, 2.75) is 11.9 Å². The Morgan fingerprint density at radius 1 is 0.875 bits per heavy atom. The Kier molecular flexibility index (Phi) is 3.89. The molecule has 2 heteroatoms. The van der Waals surface area contributed by atoms with Crippen molar-refractivity contribution in [1.82, 2.24) is 0 Å². The van der Waals surface area contributed by atoms with Crippen LogP contribution in [0.25, 0.3) is 0 Å². The van der Waals surface area contributed by atoms with Gasteiger partial charge in [-0.25, -0.2) is 0 Å². The van der Waals surface area contributed by atoms with E-state index in [4.69, 9.17) is 4.74 Å². The second kappa shape index (κ2) is 5.61. The molecule has 0 aromatic heterocycles. The van der Waals surface area contributed by atoms with Crippen LogP contribution in [0.4, 0.5) is 0 Å². The Labute approximate surface area is 101 Å². The number of para-hydroxylation sites is 1. The maximum atomic E-state index is 5.68. The summed E-state index contributed by atoms with van der Waals surface area (Å²) in [6, 6.07) is 20.0. The van der Waals surface area contributed by atoms with E-state index in [2.05, 4.69) is 24.8 Å². The van der Waals surface area contributed by atoms with Crippen molar-refractivity contribution >= 4 is 12.6 Å². The smallest absolute Gasteiger partial charge is 0.145 e. The highest BCUT2D eigenvalue weighted by atomic mass is 32.1. The van der Waals surface area contributed by atoms with Crippen molar-refractivity contribution in [3.05, 3.63) is 66.2 Å². The summed E-state index contributed by atoms with van der Waals surface area (Å²) in [5, 5.41) is 0. The third-order valence-electron chi connectivity index (χ3n) is 2.27. The summed E-state index contributed by atoms with van der Waals surface area (Å²) in [6.45, 7) is 0. The Morgan fingerprint density at radius 2 is 1.44 bits per heavy atom. The van der Waals surface area contributed by atoms with Crippen LogP contribution < -0.4 is 4.74 Å². The van der Waals surface area contributed by atoms with Crippen molar-refractivity contribution in [2.75, 3.05) is 0 Å². The second-order valence-corrected chi connectivity index (χ2v) is 4.15. The molecule has 0 bridgehead atoms. The zero-order valence-corrected chi connectivity index (χ0v) is 9.81. The van der Waals surface area contributed by atoms with Gasteiger partial charge in [0.1, 0.15) is 11.2 Å². The van der Waals surface area contributed by atoms with Crippen molar-refractivity contribution in [2.24, 2.45) is 0 Å². The molecule has 0 fully saturated rings. The van der Waals surface area contributed by atoms with Crippen LogP contribution in [-0.2, 0) is 6.42 Å². The van der Waals surface area contributed by atoms with Crippen LogP contribution in [0.5, 0.6) is 5.75 Å². The van der Waals surface area contributed by atoms with E-state index < -0.39 is 0 Å². The number of thiol groups is 1. The SMILES string of the molecule is SC(Cc1ccccc1)Oc1ccccc1. The van der Waals surface area contributed by atoms with E-state index in [-0.39, 0.29) is 5.44 Å². The molecule has 2 aromatic carbocycles. The third-order valence-corrected chi connectivity index (χ3v) is 2.56. The Hall–Kier alpha value is -1.41. The first-order chi connectivity index (χ1) is 7.84. The predicted octanol–water partition coefficient (Wildman–Crippen LogP) is 3.56. The fourth-order valence-electron chi connectivity index (χ4n) is 1.51. The topological polar surface area (TPSA) is 9.23 Å². The number of hydrogen-bond acceptors (Lipinski definition) is 2. The summed E-state index contributed by atoms with van der Waals surface area (Å²) in [6.07, 6.45) is 0.804. The molecular formula is C14H14OS. The lowest BCUT2D eigenvalue weighted by Gasteiger charge is -2.13. The van der Waals surface area contributed by atoms with Crippen LogP contribution >= 0.6 is 12.6 Å². The van der Waals surface area contributed by atoms with Crippen LogP contribution in [0.15, 0.2) is 60.7 Å². The summed E-state index contributed by atoms with van der Waals surface area (Å²) in [5.41, 5.74) is 1.13. The second-order valence-electron chi connectivity index (χ2n) is 3.58. The molecule has 0 heterocycles. The number of ether oxygens (including phenoxy) is 1. The molecule has 2 rings (SSSR count). The van der Waals surface area contributed by atoms with Gasteiger partial charge in [-0.2, -0.15) is 0 Å². The maximum Gasteiger partial charge on any atom is 0.145 e. The average molecular weight is 230 g/mol. The van der Waals surface area contributed by atoms with Crippen LogP contribution in [0.2, 0.25) is 0 Å². The van der Waals surface area contributed by atoms with Crippen LogP contribution in [0.3, 0.4) is 0 Å². The monoisotopic (exact) mass is 230 g/mol. The van der Waals surface area contributed by atoms with Crippen molar-refractivity contribution in [3.8, 4) is 5.75 Å². The fraction of sp³-hybridized carbons (Fsp3) is 0.143. The Bertz CT molecular complexity index is 372. The molecule has 0 saturated carbocycles. The standard InChI is InChI=1S/C14H14OS/c16-14(11-12-7-3-1-4-8-12)15-13-9-5-2-6-10-13/h1-10,14,16H,11H2. The van der Waals surface area contributed by atoms with Crippen LogP contribution in [0.1, 0.15) is 5.56 Å². The van der Waals surface area contributed by atoms with E-state index in [1.54, 1.807) is 0 Å². The van der Waals surface area contributed by atoms with Crippen molar-refractivity contribution in [3.63, 3.8) is 0 Å². The Morgan fingerprint density at radius 3 is 2.06 bits per heavy atom. The summed E-state index contributed by atoms with van der Waals surface area (Å²) in [4.78, 5) is 0. The fourth-order valence-corrected chi connectivity index (χ4v) is 1.85. The summed E-state index contributed by atoms with van der Waals surface area (Å²) in [5.74, 6) is 0.860. The first-order valence-corrected chi connectivity index (χ1v) is 5.80. The molecule has 0 amide bonds. The van der Waals surface area contributed by atoms with Gasteiger partial charge in [-0.05, 0) is 17.7 Å². The highest BCUT2D eigenvalue weighted by molar-refractivity contribution is 7.80. The van der Waals surface area contributed by atoms with Gasteiger partial charge in [0.15, 0.2) is 0 Å². The van der Waals surface area contributed by atoms with Gasteiger partial charge in [0.25, 0.3) is 0 Å². The zero-order chi connectivity index (χ0) is 11.2. The zero-order valence-electron chi connectivity index (χ0n) is 8.91. The highest BCUT2D eigenvalue weighted by Gasteiger charge is 2.05. The first kappa shape index (κ1) is 11.1. The van der Waals surface area contributed by atoms with Gasteiger partial charge >= 0.3 is 0 Å². The lowest BCUT2D eigenvalue weighted by atomic mass is 10.2. The van der Waals surface area contributed by atoms with Gasteiger partial charge in [-0.3, -0.25) is 0 Å². The van der Waals surface area contributed by atoms with E-state index in [0.29, 0.717) is 0 Å². The predicted molar refractivity (Wildman–Crippen MR) is 70.0 cm³/mol. The summed E-state index contributed by atoms with van der Waals surface area (Å²) >= 11 is 4.43. The molecule has 0 aliphatic rings. The van der Waals surface area contributed by atoms with Gasteiger partial charge in [0, 0.05) is 6.42 Å². The van der Waals surface area contributed by atoms with Gasteiger partial charge in [0.05, 0.1) is 0 Å². The summed E-state index contributed by atoms with van der Waals surface area (Å²) in [7, 11) is 0. The van der Waals surface area contributed by atoms with Gasteiger partial charge < -0.3 is 4.74 Å².